The smallest absolute Gasteiger partial charge is 0.136 e. The van der Waals surface area contributed by atoms with E-state index in [9.17, 15) is 0 Å². The molecule has 1 saturated heterocycles. The Labute approximate surface area is 136 Å². The van der Waals surface area contributed by atoms with Crippen molar-refractivity contribution in [3.63, 3.8) is 0 Å². The summed E-state index contributed by atoms with van der Waals surface area (Å²) in [7, 11) is 0. The summed E-state index contributed by atoms with van der Waals surface area (Å²) < 4.78 is 1.05. The van der Waals surface area contributed by atoms with E-state index < -0.39 is 0 Å². The van der Waals surface area contributed by atoms with E-state index in [2.05, 4.69) is 47.2 Å². The van der Waals surface area contributed by atoms with Crippen LogP contribution in [0.4, 0.5) is 0 Å². The molecule has 1 aromatic rings. The molecule has 2 nitrogen and oxygen atoms in total. The Morgan fingerprint density at radius 3 is 2.35 bits per heavy atom. The molecule has 2 rings (SSSR count). The molecule has 110 valence electrons. The number of hydrogen-bond donors (Lipinski definition) is 0. The van der Waals surface area contributed by atoms with Gasteiger partial charge in [0, 0.05) is 36.8 Å². The lowest BCUT2D eigenvalue weighted by Crippen LogP contribution is -2.47. The Morgan fingerprint density at radius 2 is 1.80 bits per heavy atom. The van der Waals surface area contributed by atoms with E-state index in [4.69, 9.17) is 12.2 Å². The number of thioether (sulfide) groups is 2. The zero-order chi connectivity index (χ0) is 14.4. The molecular weight excluding hydrogens is 304 g/mol. The van der Waals surface area contributed by atoms with Gasteiger partial charge < -0.3 is 9.80 Å². The molecule has 1 fully saturated rings. The van der Waals surface area contributed by atoms with Crippen LogP contribution in [0, 0.1) is 0 Å². The van der Waals surface area contributed by atoms with Crippen LogP contribution in [0.1, 0.15) is 12.5 Å². The average Bonchev–Trinajstić information content (AvgIpc) is 2.53. The molecule has 1 aliphatic rings. The first-order valence-electron chi connectivity index (χ1n) is 7.00. The highest BCUT2D eigenvalue weighted by Crippen LogP contribution is 2.20. The molecule has 1 heterocycles. The SMILES string of the molecule is CCN1CCN(C(=S)SCc2ccc(SC)cc2)CC1. The van der Waals surface area contributed by atoms with Crippen LogP contribution in [-0.2, 0) is 5.75 Å². The van der Waals surface area contributed by atoms with Gasteiger partial charge in [0.05, 0.1) is 0 Å². The van der Waals surface area contributed by atoms with Gasteiger partial charge in [-0.1, -0.05) is 43.0 Å². The zero-order valence-electron chi connectivity index (χ0n) is 12.2. The van der Waals surface area contributed by atoms with E-state index in [1.807, 2.05) is 0 Å². The van der Waals surface area contributed by atoms with Gasteiger partial charge in [-0.25, -0.2) is 0 Å². The van der Waals surface area contributed by atoms with Crippen LogP contribution >= 0.6 is 35.7 Å². The zero-order valence-corrected chi connectivity index (χ0v) is 14.6. The Hall–Kier alpha value is -0.230. The van der Waals surface area contributed by atoms with Gasteiger partial charge in [0.1, 0.15) is 4.32 Å². The third kappa shape index (κ3) is 4.65. The van der Waals surface area contributed by atoms with Crippen molar-refractivity contribution in [3.8, 4) is 0 Å². The van der Waals surface area contributed by atoms with Crippen LogP contribution < -0.4 is 0 Å². The van der Waals surface area contributed by atoms with Gasteiger partial charge >= 0.3 is 0 Å². The van der Waals surface area contributed by atoms with Crippen LogP contribution in [0.2, 0.25) is 0 Å². The minimum Gasteiger partial charge on any atom is -0.355 e. The standard InChI is InChI=1S/C15H22N2S3/c1-3-16-8-10-17(11-9-16)15(18)20-12-13-4-6-14(19-2)7-5-13/h4-7H,3,8-12H2,1-2H3. The van der Waals surface area contributed by atoms with Crippen LogP contribution in [0.5, 0.6) is 0 Å². The number of likely N-dealkylation sites (N-methyl/N-ethyl adjacent to an activating group) is 1. The summed E-state index contributed by atoms with van der Waals surface area (Å²) in [5.41, 5.74) is 1.35. The number of rotatable bonds is 4. The minimum absolute atomic E-state index is 0.974. The first-order chi connectivity index (χ1) is 9.72. The predicted octanol–water partition coefficient (Wildman–Crippen LogP) is 3.56. The van der Waals surface area contributed by atoms with Gasteiger partial charge in [0.25, 0.3) is 0 Å². The molecule has 0 unspecified atom stereocenters. The summed E-state index contributed by atoms with van der Waals surface area (Å²) in [5.74, 6) is 0.974. The number of nitrogens with zero attached hydrogens (tertiary/aromatic N) is 2. The van der Waals surface area contributed by atoms with E-state index >= 15 is 0 Å². The van der Waals surface area contributed by atoms with Crippen molar-refractivity contribution in [1.29, 1.82) is 0 Å². The number of hydrogen-bond acceptors (Lipinski definition) is 4. The fourth-order valence-electron chi connectivity index (χ4n) is 2.20. The topological polar surface area (TPSA) is 6.48 Å². The Morgan fingerprint density at radius 1 is 1.15 bits per heavy atom. The van der Waals surface area contributed by atoms with E-state index in [1.165, 1.54) is 10.5 Å². The average molecular weight is 327 g/mol. The fourth-order valence-corrected chi connectivity index (χ4v) is 3.82. The number of benzene rings is 1. The Kier molecular flexibility index (Phi) is 6.68. The van der Waals surface area contributed by atoms with Crippen molar-refractivity contribution >= 4 is 40.1 Å². The molecule has 0 bridgehead atoms. The summed E-state index contributed by atoms with van der Waals surface area (Å²) in [5, 5.41) is 0. The summed E-state index contributed by atoms with van der Waals surface area (Å²) >= 11 is 9.13. The van der Waals surface area contributed by atoms with Crippen LogP contribution in [-0.4, -0.2) is 53.1 Å². The van der Waals surface area contributed by atoms with Crippen molar-refractivity contribution < 1.29 is 0 Å². The molecule has 1 aromatic carbocycles. The van der Waals surface area contributed by atoms with Gasteiger partial charge in [-0.2, -0.15) is 0 Å². The predicted molar refractivity (Wildman–Crippen MR) is 95.8 cm³/mol. The molecule has 0 saturated carbocycles. The van der Waals surface area contributed by atoms with E-state index in [0.29, 0.717) is 0 Å². The van der Waals surface area contributed by atoms with Gasteiger partial charge in [0.2, 0.25) is 0 Å². The maximum absolute atomic E-state index is 5.56. The van der Waals surface area contributed by atoms with E-state index in [0.717, 1.165) is 42.8 Å². The molecule has 0 aliphatic carbocycles. The number of piperazine rings is 1. The first kappa shape index (κ1) is 16.1. The maximum Gasteiger partial charge on any atom is 0.136 e. The summed E-state index contributed by atoms with van der Waals surface area (Å²) in [6.07, 6.45) is 2.11. The number of thiocarbonyl (C=S) groups is 1. The van der Waals surface area contributed by atoms with Crippen molar-refractivity contribution in [3.05, 3.63) is 29.8 Å². The van der Waals surface area contributed by atoms with E-state index in [-0.39, 0.29) is 0 Å². The third-order valence-electron chi connectivity index (χ3n) is 3.60. The van der Waals surface area contributed by atoms with Crippen LogP contribution in [0.25, 0.3) is 0 Å². The Bertz CT molecular complexity index is 425. The molecule has 0 spiro atoms. The Balaban J connectivity index is 1.77. The largest absolute Gasteiger partial charge is 0.355 e. The quantitative estimate of drug-likeness (QED) is 0.614. The van der Waals surface area contributed by atoms with Crippen molar-refractivity contribution in [2.24, 2.45) is 0 Å². The molecule has 0 aromatic heterocycles. The minimum atomic E-state index is 0.974. The van der Waals surface area contributed by atoms with Gasteiger partial charge in [0.15, 0.2) is 0 Å². The third-order valence-corrected chi connectivity index (χ3v) is 5.94. The molecule has 20 heavy (non-hydrogen) atoms. The lowest BCUT2D eigenvalue weighted by atomic mass is 10.2. The van der Waals surface area contributed by atoms with Crippen LogP contribution in [0.15, 0.2) is 29.2 Å². The second-order valence-electron chi connectivity index (χ2n) is 4.82. The van der Waals surface area contributed by atoms with Gasteiger partial charge in [-0.3, -0.25) is 0 Å². The molecule has 0 amide bonds. The summed E-state index contributed by atoms with van der Waals surface area (Å²) in [4.78, 5) is 6.14. The van der Waals surface area contributed by atoms with Crippen molar-refractivity contribution in [2.45, 2.75) is 17.6 Å². The second-order valence-corrected chi connectivity index (χ2v) is 7.31. The molecule has 0 N–H and O–H groups in total. The maximum atomic E-state index is 5.56. The second kappa shape index (κ2) is 8.27. The van der Waals surface area contributed by atoms with Crippen LogP contribution in [0.3, 0.4) is 0 Å². The van der Waals surface area contributed by atoms with E-state index in [1.54, 1.807) is 23.5 Å². The molecule has 1 aliphatic heterocycles. The van der Waals surface area contributed by atoms with Crippen molar-refractivity contribution in [1.82, 2.24) is 9.80 Å². The highest BCUT2D eigenvalue weighted by atomic mass is 32.2. The molecule has 0 atom stereocenters. The first-order valence-corrected chi connectivity index (χ1v) is 9.61. The highest BCUT2D eigenvalue weighted by Gasteiger charge is 2.17. The molecular formula is C15H22N2S3. The highest BCUT2D eigenvalue weighted by molar-refractivity contribution is 8.22. The van der Waals surface area contributed by atoms with Gasteiger partial charge in [-0.05, 0) is 30.5 Å². The molecule has 5 heteroatoms. The lowest BCUT2D eigenvalue weighted by Gasteiger charge is -2.35. The van der Waals surface area contributed by atoms with Crippen molar-refractivity contribution in [2.75, 3.05) is 39.0 Å². The van der Waals surface area contributed by atoms with Gasteiger partial charge in [-0.15, -0.1) is 11.8 Å². The summed E-state index contributed by atoms with van der Waals surface area (Å²) in [6.45, 7) is 7.80. The molecule has 0 radical (unpaired) electrons. The monoisotopic (exact) mass is 326 g/mol. The lowest BCUT2D eigenvalue weighted by molar-refractivity contribution is 0.193. The fraction of sp³-hybridized carbons (Fsp3) is 0.533. The summed E-state index contributed by atoms with van der Waals surface area (Å²) in [6, 6.07) is 8.78. The normalized spacial score (nSPS) is 16.4.